The fourth-order valence-electron chi connectivity index (χ4n) is 4.11. The van der Waals surface area contributed by atoms with Crippen LogP contribution in [0.2, 0.25) is 0 Å². The van der Waals surface area contributed by atoms with E-state index in [4.69, 9.17) is 14.2 Å². The van der Waals surface area contributed by atoms with Gasteiger partial charge in [0.25, 0.3) is 0 Å². The van der Waals surface area contributed by atoms with E-state index >= 15 is 0 Å². The number of likely N-dealkylation sites (tertiary alicyclic amines) is 1. The molecule has 5 nitrogen and oxygen atoms in total. The smallest absolute Gasteiger partial charge is 0.203 e. The van der Waals surface area contributed by atoms with Gasteiger partial charge in [-0.25, -0.2) is 0 Å². The number of piperidine rings is 1. The Morgan fingerprint density at radius 2 is 1.73 bits per heavy atom. The third-order valence-corrected chi connectivity index (χ3v) is 5.65. The molecule has 1 saturated heterocycles. The number of halogens is 1. The Morgan fingerprint density at radius 1 is 0.967 bits per heavy atom. The van der Waals surface area contributed by atoms with Crippen molar-refractivity contribution in [2.75, 3.05) is 33.9 Å². The van der Waals surface area contributed by atoms with Crippen molar-refractivity contribution in [3.63, 3.8) is 0 Å². The van der Waals surface area contributed by atoms with Crippen molar-refractivity contribution in [1.82, 2.24) is 9.88 Å². The highest BCUT2D eigenvalue weighted by atomic mass is 35.5. The van der Waals surface area contributed by atoms with Gasteiger partial charge in [-0.05, 0) is 62.5 Å². The van der Waals surface area contributed by atoms with Gasteiger partial charge in [-0.2, -0.15) is 0 Å². The van der Waals surface area contributed by atoms with E-state index < -0.39 is 0 Å². The summed E-state index contributed by atoms with van der Waals surface area (Å²) >= 11 is 0. The predicted molar refractivity (Wildman–Crippen MR) is 123 cm³/mol. The molecule has 1 aliphatic heterocycles. The number of hydrogen-bond acceptors (Lipinski definition) is 5. The van der Waals surface area contributed by atoms with Crippen LogP contribution >= 0.6 is 12.4 Å². The van der Waals surface area contributed by atoms with Gasteiger partial charge in [-0.1, -0.05) is 31.4 Å². The summed E-state index contributed by atoms with van der Waals surface area (Å²) in [6.07, 6.45) is 12.4. The van der Waals surface area contributed by atoms with Crippen molar-refractivity contribution in [3.05, 3.63) is 48.3 Å². The van der Waals surface area contributed by atoms with Crippen LogP contribution in [0.15, 0.2) is 42.7 Å². The zero-order chi connectivity index (χ0) is 20.3. The quantitative estimate of drug-likeness (QED) is 0.425. The molecule has 0 bridgehead atoms. The Morgan fingerprint density at radius 3 is 2.43 bits per heavy atom. The van der Waals surface area contributed by atoms with Crippen LogP contribution in [0.1, 0.15) is 56.6 Å². The summed E-state index contributed by atoms with van der Waals surface area (Å²) in [4.78, 5) is 6.97. The van der Waals surface area contributed by atoms with E-state index in [2.05, 4.69) is 22.0 Å². The van der Waals surface area contributed by atoms with E-state index in [0.717, 1.165) is 17.9 Å². The average Bonchev–Trinajstić information content (AvgIpc) is 2.79. The molecule has 1 aromatic carbocycles. The first kappa shape index (κ1) is 24.3. The number of pyridine rings is 1. The van der Waals surface area contributed by atoms with Gasteiger partial charge in [-0.15, -0.1) is 12.4 Å². The highest BCUT2D eigenvalue weighted by Crippen LogP contribution is 2.37. The first-order valence-corrected chi connectivity index (χ1v) is 10.8. The molecular weight excluding hydrogens is 400 g/mol. The number of methoxy groups -OCH3 is 2. The number of ether oxygens (including phenoxy) is 3. The minimum atomic E-state index is 0. The number of para-hydroxylation sites is 1. The summed E-state index contributed by atoms with van der Waals surface area (Å²) in [6.45, 7) is 3.05. The van der Waals surface area contributed by atoms with Crippen molar-refractivity contribution >= 4 is 12.4 Å². The van der Waals surface area contributed by atoms with Crippen LogP contribution in [0, 0.1) is 0 Å². The first-order valence-electron chi connectivity index (χ1n) is 10.8. The van der Waals surface area contributed by atoms with E-state index in [-0.39, 0.29) is 12.4 Å². The number of unbranched alkanes of at least 4 members (excludes halogenated alkanes) is 3. The standard InChI is InChI=1S/C24H34N2O3.ClH/c1-27-22-13-9-14-23(28-2)24(22)29-18-8-4-3-6-16-26-17-7-5-12-21(26)20-11-10-15-25-19-20;/h9-11,13-15,19,21H,3-8,12,16-18H2,1-2H3;1H. The summed E-state index contributed by atoms with van der Waals surface area (Å²) in [5.74, 6) is 2.14. The zero-order valence-electron chi connectivity index (χ0n) is 18.2. The summed E-state index contributed by atoms with van der Waals surface area (Å²) in [5, 5.41) is 0. The lowest BCUT2D eigenvalue weighted by atomic mass is 9.96. The van der Waals surface area contributed by atoms with Crippen molar-refractivity contribution < 1.29 is 14.2 Å². The van der Waals surface area contributed by atoms with Crippen molar-refractivity contribution in [3.8, 4) is 17.2 Å². The molecule has 2 heterocycles. The second-order valence-corrected chi connectivity index (χ2v) is 7.59. The summed E-state index contributed by atoms with van der Waals surface area (Å²) in [5.41, 5.74) is 1.37. The summed E-state index contributed by atoms with van der Waals surface area (Å²) in [6, 6.07) is 10.5. The maximum atomic E-state index is 5.95. The Bertz CT molecular complexity index is 707. The highest BCUT2D eigenvalue weighted by Gasteiger charge is 2.23. The fourth-order valence-corrected chi connectivity index (χ4v) is 4.11. The minimum absolute atomic E-state index is 0. The molecule has 6 heteroatoms. The van der Waals surface area contributed by atoms with Crippen LogP contribution in [0.5, 0.6) is 17.2 Å². The van der Waals surface area contributed by atoms with E-state index in [9.17, 15) is 0 Å². The van der Waals surface area contributed by atoms with E-state index in [1.54, 1.807) is 14.2 Å². The molecule has 1 unspecified atom stereocenters. The molecule has 1 fully saturated rings. The maximum Gasteiger partial charge on any atom is 0.203 e. The molecule has 1 aromatic heterocycles. The number of nitrogens with zero attached hydrogens (tertiary/aromatic N) is 2. The Labute approximate surface area is 187 Å². The van der Waals surface area contributed by atoms with E-state index in [1.807, 2.05) is 30.6 Å². The number of benzene rings is 1. The zero-order valence-corrected chi connectivity index (χ0v) is 19.0. The van der Waals surface area contributed by atoms with Gasteiger partial charge < -0.3 is 14.2 Å². The topological polar surface area (TPSA) is 43.8 Å². The van der Waals surface area contributed by atoms with Gasteiger partial charge >= 0.3 is 0 Å². The molecule has 0 spiro atoms. The number of rotatable bonds is 11. The average molecular weight is 435 g/mol. The molecule has 30 heavy (non-hydrogen) atoms. The Kier molecular flexibility index (Phi) is 10.8. The van der Waals surface area contributed by atoms with Crippen molar-refractivity contribution in [2.24, 2.45) is 0 Å². The van der Waals surface area contributed by atoms with E-state index in [0.29, 0.717) is 18.4 Å². The molecule has 0 N–H and O–H groups in total. The molecular formula is C24H35ClN2O3. The first-order chi connectivity index (χ1) is 14.3. The third kappa shape index (κ3) is 6.78. The van der Waals surface area contributed by atoms with Gasteiger partial charge in [-0.3, -0.25) is 9.88 Å². The van der Waals surface area contributed by atoms with Crippen LogP contribution in [-0.2, 0) is 0 Å². The maximum absolute atomic E-state index is 5.95. The van der Waals surface area contributed by atoms with Crippen LogP contribution in [0.3, 0.4) is 0 Å². The SMILES string of the molecule is COc1cccc(OC)c1OCCCCCCN1CCCCC1c1cccnc1.Cl. The van der Waals surface area contributed by atoms with Gasteiger partial charge in [0.2, 0.25) is 5.75 Å². The lowest BCUT2D eigenvalue weighted by Gasteiger charge is -2.36. The second-order valence-electron chi connectivity index (χ2n) is 7.59. The molecule has 1 aliphatic rings. The monoisotopic (exact) mass is 434 g/mol. The fraction of sp³-hybridized carbons (Fsp3) is 0.542. The van der Waals surface area contributed by atoms with Crippen LogP contribution in [-0.4, -0.2) is 43.8 Å². The summed E-state index contributed by atoms with van der Waals surface area (Å²) in [7, 11) is 3.31. The van der Waals surface area contributed by atoms with Gasteiger partial charge in [0.1, 0.15) is 0 Å². The van der Waals surface area contributed by atoms with Crippen LogP contribution in [0.4, 0.5) is 0 Å². The molecule has 1 atom stereocenters. The molecule has 0 radical (unpaired) electrons. The molecule has 166 valence electrons. The third-order valence-electron chi connectivity index (χ3n) is 5.65. The number of hydrogen-bond donors (Lipinski definition) is 0. The van der Waals surface area contributed by atoms with Gasteiger partial charge in [0, 0.05) is 18.4 Å². The van der Waals surface area contributed by atoms with Crippen LogP contribution in [0.25, 0.3) is 0 Å². The largest absolute Gasteiger partial charge is 0.493 e. The Hall–Kier alpha value is -1.98. The normalized spacial score (nSPS) is 16.5. The molecule has 0 aliphatic carbocycles. The Balaban J connectivity index is 0.00000320. The lowest BCUT2D eigenvalue weighted by molar-refractivity contribution is 0.145. The van der Waals surface area contributed by atoms with Crippen molar-refractivity contribution in [1.29, 1.82) is 0 Å². The lowest BCUT2D eigenvalue weighted by Crippen LogP contribution is -2.34. The molecule has 0 amide bonds. The predicted octanol–water partition coefficient (Wildman–Crippen LogP) is 5.69. The van der Waals surface area contributed by atoms with Gasteiger partial charge in [0.05, 0.1) is 20.8 Å². The molecule has 0 saturated carbocycles. The second kappa shape index (κ2) is 13.3. The minimum Gasteiger partial charge on any atom is -0.493 e. The summed E-state index contributed by atoms with van der Waals surface area (Å²) < 4.78 is 16.7. The van der Waals surface area contributed by atoms with Crippen LogP contribution < -0.4 is 14.2 Å². The number of aromatic nitrogens is 1. The van der Waals surface area contributed by atoms with E-state index in [1.165, 1.54) is 57.2 Å². The molecule has 3 rings (SSSR count). The highest BCUT2D eigenvalue weighted by molar-refractivity contribution is 5.85. The molecule has 2 aromatic rings. The van der Waals surface area contributed by atoms with Gasteiger partial charge in [0.15, 0.2) is 11.5 Å². The van der Waals surface area contributed by atoms with Crippen molar-refractivity contribution in [2.45, 2.75) is 51.0 Å².